The van der Waals surface area contributed by atoms with E-state index in [1.54, 1.807) is 23.1 Å². The summed E-state index contributed by atoms with van der Waals surface area (Å²) in [6.07, 6.45) is 1.96. The van der Waals surface area contributed by atoms with Crippen molar-refractivity contribution in [1.82, 2.24) is 5.32 Å². The number of urea groups is 1. The zero-order valence-electron chi connectivity index (χ0n) is 11.4. The van der Waals surface area contributed by atoms with Crippen molar-refractivity contribution in [3.05, 3.63) is 29.3 Å². The summed E-state index contributed by atoms with van der Waals surface area (Å²) in [7, 11) is 0. The van der Waals surface area contributed by atoms with E-state index in [4.69, 9.17) is 5.11 Å². The Bertz CT molecular complexity index is 570. The second-order valence-electron chi connectivity index (χ2n) is 5.71. The molecule has 1 aromatic rings. The minimum absolute atomic E-state index is 0.120. The fraction of sp³-hybridized carbons (Fsp3) is 0.467. The molecule has 20 heavy (non-hydrogen) atoms. The summed E-state index contributed by atoms with van der Waals surface area (Å²) >= 11 is 0. The number of carbonyl (C=O) groups is 2. The zero-order valence-corrected chi connectivity index (χ0v) is 11.4. The van der Waals surface area contributed by atoms with Gasteiger partial charge in [0.25, 0.3) is 0 Å². The molecule has 2 atom stereocenters. The Morgan fingerprint density at radius 1 is 1.45 bits per heavy atom. The van der Waals surface area contributed by atoms with Crippen LogP contribution in [0.25, 0.3) is 0 Å². The van der Waals surface area contributed by atoms with Crippen LogP contribution in [0.1, 0.15) is 29.3 Å². The fourth-order valence-corrected chi connectivity index (χ4v) is 2.72. The highest BCUT2D eigenvalue weighted by Gasteiger charge is 2.33. The number of hydrogen-bond donors (Lipinski definition) is 2. The van der Waals surface area contributed by atoms with Gasteiger partial charge in [-0.15, -0.1) is 0 Å². The Kier molecular flexibility index (Phi) is 3.12. The minimum Gasteiger partial charge on any atom is -0.478 e. The van der Waals surface area contributed by atoms with Gasteiger partial charge < -0.3 is 10.4 Å². The first-order valence-electron chi connectivity index (χ1n) is 6.98. The Balaban J connectivity index is 1.72. The van der Waals surface area contributed by atoms with Gasteiger partial charge in [0.05, 0.1) is 5.56 Å². The molecular weight excluding hydrogens is 256 g/mol. The van der Waals surface area contributed by atoms with Crippen LogP contribution in [0.2, 0.25) is 0 Å². The highest BCUT2D eigenvalue weighted by Crippen LogP contribution is 2.37. The molecule has 1 aliphatic carbocycles. The smallest absolute Gasteiger partial charge is 0.335 e. The number of aromatic carboxylic acids is 1. The van der Waals surface area contributed by atoms with Crippen LogP contribution in [0.3, 0.4) is 0 Å². The molecule has 0 bridgehead atoms. The summed E-state index contributed by atoms with van der Waals surface area (Å²) in [5.41, 5.74) is 1.98. The maximum absolute atomic E-state index is 12.2. The first-order chi connectivity index (χ1) is 9.56. The van der Waals surface area contributed by atoms with E-state index in [-0.39, 0.29) is 11.6 Å². The topological polar surface area (TPSA) is 69.6 Å². The van der Waals surface area contributed by atoms with Crippen molar-refractivity contribution in [2.45, 2.75) is 19.8 Å². The van der Waals surface area contributed by atoms with Gasteiger partial charge in [-0.1, -0.05) is 13.0 Å². The molecule has 0 aromatic heterocycles. The first kappa shape index (κ1) is 13.0. The van der Waals surface area contributed by atoms with E-state index < -0.39 is 5.97 Å². The Morgan fingerprint density at radius 2 is 2.20 bits per heavy atom. The number of anilines is 1. The number of amides is 2. The summed E-state index contributed by atoms with van der Waals surface area (Å²) < 4.78 is 0. The van der Waals surface area contributed by atoms with Gasteiger partial charge in [-0.25, -0.2) is 9.59 Å². The molecule has 106 valence electrons. The number of carbonyl (C=O) groups excluding carboxylic acids is 1. The highest BCUT2D eigenvalue weighted by molar-refractivity contribution is 5.97. The third-order valence-corrected chi connectivity index (χ3v) is 4.26. The fourth-order valence-electron chi connectivity index (χ4n) is 2.72. The van der Waals surface area contributed by atoms with E-state index in [1.807, 2.05) is 0 Å². The van der Waals surface area contributed by atoms with Gasteiger partial charge in [-0.2, -0.15) is 0 Å². The van der Waals surface area contributed by atoms with Gasteiger partial charge in [-0.05, 0) is 42.4 Å². The molecule has 5 heteroatoms. The lowest BCUT2D eigenvalue weighted by molar-refractivity contribution is 0.0697. The van der Waals surface area contributed by atoms with E-state index in [0.29, 0.717) is 24.9 Å². The molecule has 1 saturated carbocycles. The zero-order chi connectivity index (χ0) is 14.3. The normalized spacial score (nSPS) is 23.4. The molecule has 1 fully saturated rings. The van der Waals surface area contributed by atoms with Crippen LogP contribution in [0.5, 0.6) is 0 Å². The van der Waals surface area contributed by atoms with E-state index in [9.17, 15) is 9.59 Å². The third-order valence-electron chi connectivity index (χ3n) is 4.26. The molecule has 1 aliphatic heterocycles. The van der Waals surface area contributed by atoms with Crippen molar-refractivity contribution < 1.29 is 14.7 Å². The number of carboxylic acid groups (broad SMARTS) is 1. The monoisotopic (exact) mass is 274 g/mol. The van der Waals surface area contributed by atoms with Gasteiger partial charge in [0.1, 0.15) is 0 Å². The summed E-state index contributed by atoms with van der Waals surface area (Å²) in [6, 6.07) is 4.86. The molecule has 2 N–H and O–H groups in total. The van der Waals surface area contributed by atoms with Crippen molar-refractivity contribution in [1.29, 1.82) is 0 Å². The standard InChI is InChI=1S/C15H18N2O3/c1-9-6-12(9)8-16-15(20)17-5-4-10-2-3-11(14(18)19)7-13(10)17/h2-3,7,9,12H,4-6,8H2,1H3,(H,16,20)(H,18,19). The van der Waals surface area contributed by atoms with Crippen LogP contribution < -0.4 is 10.2 Å². The van der Waals surface area contributed by atoms with Crippen molar-refractivity contribution in [2.75, 3.05) is 18.0 Å². The summed E-state index contributed by atoms with van der Waals surface area (Å²) in [4.78, 5) is 24.9. The number of rotatable bonds is 3. The quantitative estimate of drug-likeness (QED) is 0.887. The third kappa shape index (κ3) is 2.35. The first-order valence-corrected chi connectivity index (χ1v) is 6.98. The van der Waals surface area contributed by atoms with Crippen molar-refractivity contribution >= 4 is 17.7 Å². The van der Waals surface area contributed by atoms with Crippen LogP contribution in [-0.4, -0.2) is 30.2 Å². The summed E-state index contributed by atoms with van der Waals surface area (Å²) in [6.45, 7) is 3.51. The van der Waals surface area contributed by atoms with Gasteiger partial charge in [0.15, 0.2) is 0 Å². The van der Waals surface area contributed by atoms with Crippen molar-refractivity contribution in [3.8, 4) is 0 Å². The van der Waals surface area contributed by atoms with E-state index in [2.05, 4.69) is 12.2 Å². The predicted molar refractivity (Wildman–Crippen MR) is 75.1 cm³/mol. The SMILES string of the molecule is CC1CC1CNC(=O)N1CCc2ccc(C(=O)O)cc21. The summed E-state index contributed by atoms with van der Waals surface area (Å²) in [5, 5.41) is 12.0. The molecule has 0 radical (unpaired) electrons. The van der Waals surface area contributed by atoms with Gasteiger partial charge in [0.2, 0.25) is 0 Å². The van der Waals surface area contributed by atoms with Crippen LogP contribution >= 0.6 is 0 Å². The molecule has 1 heterocycles. The van der Waals surface area contributed by atoms with E-state index in [1.165, 1.54) is 6.42 Å². The maximum Gasteiger partial charge on any atom is 0.335 e. The number of hydrogen-bond acceptors (Lipinski definition) is 2. The Labute approximate surface area is 117 Å². The largest absolute Gasteiger partial charge is 0.478 e. The lowest BCUT2D eigenvalue weighted by atomic mass is 10.1. The number of nitrogens with zero attached hydrogens (tertiary/aromatic N) is 1. The molecule has 2 amide bonds. The van der Waals surface area contributed by atoms with Gasteiger partial charge in [-0.3, -0.25) is 4.90 Å². The van der Waals surface area contributed by atoms with Crippen LogP contribution in [-0.2, 0) is 6.42 Å². The molecule has 2 aliphatic rings. The van der Waals surface area contributed by atoms with E-state index in [0.717, 1.165) is 17.7 Å². The number of benzene rings is 1. The number of fused-ring (bicyclic) bond motifs is 1. The van der Waals surface area contributed by atoms with Crippen LogP contribution in [0, 0.1) is 11.8 Å². The second-order valence-corrected chi connectivity index (χ2v) is 5.71. The van der Waals surface area contributed by atoms with Gasteiger partial charge in [0, 0.05) is 18.8 Å². The molecule has 0 spiro atoms. The lowest BCUT2D eigenvalue weighted by Gasteiger charge is -2.18. The highest BCUT2D eigenvalue weighted by atomic mass is 16.4. The molecular formula is C15H18N2O3. The molecule has 2 unspecified atom stereocenters. The predicted octanol–water partition coefficient (Wildman–Crippen LogP) is 2.11. The number of nitrogens with one attached hydrogen (secondary N) is 1. The Hall–Kier alpha value is -2.04. The molecule has 1 aromatic carbocycles. The van der Waals surface area contributed by atoms with Crippen molar-refractivity contribution in [3.63, 3.8) is 0 Å². The van der Waals surface area contributed by atoms with Crippen molar-refractivity contribution in [2.24, 2.45) is 11.8 Å². The average Bonchev–Trinajstić information content (AvgIpc) is 2.97. The summed E-state index contributed by atoms with van der Waals surface area (Å²) in [5.74, 6) is 0.345. The van der Waals surface area contributed by atoms with E-state index >= 15 is 0 Å². The molecule has 0 saturated heterocycles. The average molecular weight is 274 g/mol. The number of carboxylic acids is 1. The maximum atomic E-state index is 12.2. The Morgan fingerprint density at radius 3 is 2.85 bits per heavy atom. The second kappa shape index (κ2) is 4.81. The molecule has 3 rings (SSSR count). The van der Waals surface area contributed by atoms with Crippen LogP contribution in [0.15, 0.2) is 18.2 Å². The molecule has 5 nitrogen and oxygen atoms in total. The van der Waals surface area contributed by atoms with Gasteiger partial charge >= 0.3 is 12.0 Å². The van der Waals surface area contributed by atoms with Crippen LogP contribution in [0.4, 0.5) is 10.5 Å². The minimum atomic E-state index is -0.966. The lowest BCUT2D eigenvalue weighted by Crippen LogP contribution is -2.40.